The minimum atomic E-state index is -0.234. The first-order chi connectivity index (χ1) is 13.2. The van der Waals surface area contributed by atoms with Gasteiger partial charge in [0.25, 0.3) is 0 Å². The highest BCUT2D eigenvalue weighted by Crippen LogP contribution is 2.48. The van der Waals surface area contributed by atoms with E-state index in [1.807, 2.05) is 48.5 Å². The Labute approximate surface area is 161 Å². The third kappa shape index (κ3) is 3.19. The third-order valence-electron chi connectivity index (χ3n) is 4.27. The molecule has 2 amide bonds. The number of nitrogens with one attached hydrogen (secondary N) is 1. The van der Waals surface area contributed by atoms with E-state index in [0.29, 0.717) is 17.2 Å². The number of amides is 2. The summed E-state index contributed by atoms with van der Waals surface area (Å²) in [6, 6.07) is 20.8. The van der Waals surface area contributed by atoms with E-state index in [2.05, 4.69) is 5.32 Å². The van der Waals surface area contributed by atoms with Crippen molar-refractivity contribution in [3.8, 4) is 11.5 Å². The van der Waals surface area contributed by atoms with Gasteiger partial charge in [-0.15, -0.1) is 0 Å². The van der Waals surface area contributed by atoms with Gasteiger partial charge in [0.2, 0.25) is 0 Å². The summed E-state index contributed by atoms with van der Waals surface area (Å²) in [6.07, 6.45) is 0. The van der Waals surface area contributed by atoms with Crippen molar-refractivity contribution in [1.82, 2.24) is 0 Å². The SMILES string of the molecule is COc1ccc(NC(=O)N2c3ccccc3Sc3ccccc32)cc1OC. The second-order valence-corrected chi connectivity index (χ2v) is 6.96. The van der Waals surface area contributed by atoms with Crippen LogP contribution in [0.1, 0.15) is 0 Å². The predicted octanol–water partition coefficient (Wildman–Crippen LogP) is 5.54. The Balaban J connectivity index is 1.70. The van der Waals surface area contributed by atoms with Gasteiger partial charge >= 0.3 is 6.03 Å². The van der Waals surface area contributed by atoms with Crippen LogP contribution < -0.4 is 19.7 Å². The molecule has 0 radical (unpaired) electrons. The molecule has 1 aliphatic heterocycles. The molecule has 0 saturated heterocycles. The molecule has 1 N–H and O–H groups in total. The molecule has 6 heteroatoms. The Kier molecular flexibility index (Phi) is 4.64. The van der Waals surface area contributed by atoms with Crippen molar-refractivity contribution in [2.45, 2.75) is 9.79 Å². The average molecular weight is 378 g/mol. The molecule has 136 valence electrons. The number of fused-ring (bicyclic) bond motifs is 2. The van der Waals surface area contributed by atoms with Crippen LogP contribution in [0.5, 0.6) is 11.5 Å². The first kappa shape index (κ1) is 17.3. The van der Waals surface area contributed by atoms with Gasteiger partial charge in [0.05, 0.1) is 25.6 Å². The lowest BCUT2D eigenvalue weighted by molar-refractivity contribution is 0.258. The summed E-state index contributed by atoms with van der Waals surface area (Å²) in [4.78, 5) is 17.0. The van der Waals surface area contributed by atoms with Gasteiger partial charge in [0.1, 0.15) is 0 Å². The monoisotopic (exact) mass is 378 g/mol. The average Bonchev–Trinajstić information content (AvgIpc) is 2.71. The van der Waals surface area contributed by atoms with Gasteiger partial charge in [0, 0.05) is 21.5 Å². The van der Waals surface area contributed by atoms with Crippen LogP contribution in [-0.4, -0.2) is 20.3 Å². The van der Waals surface area contributed by atoms with Crippen LogP contribution >= 0.6 is 11.8 Å². The van der Waals surface area contributed by atoms with Crippen molar-refractivity contribution in [2.75, 3.05) is 24.4 Å². The van der Waals surface area contributed by atoms with E-state index < -0.39 is 0 Å². The number of carbonyl (C=O) groups excluding carboxylic acids is 1. The Bertz CT molecular complexity index is 961. The number of anilines is 3. The summed E-state index contributed by atoms with van der Waals surface area (Å²) in [5, 5.41) is 2.96. The topological polar surface area (TPSA) is 50.8 Å². The first-order valence-electron chi connectivity index (χ1n) is 8.40. The van der Waals surface area contributed by atoms with E-state index in [1.165, 1.54) is 0 Å². The van der Waals surface area contributed by atoms with Crippen molar-refractivity contribution in [3.63, 3.8) is 0 Å². The standard InChI is InChI=1S/C21H18N2O3S/c1-25-17-12-11-14(13-18(17)26-2)22-21(24)23-15-7-3-5-9-19(15)27-20-10-6-4-8-16(20)23/h3-13H,1-2H3,(H,22,24). The number of para-hydroxylation sites is 2. The molecule has 0 saturated carbocycles. The van der Waals surface area contributed by atoms with Gasteiger partial charge < -0.3 is 14.8 Å². The van der Waals surface area contributed by atoms with Crippen molar-refractivity contribution >= 4 is 34.9 Å². The van der Waals surface area contributed by atoms with E-state index in [1.54, 1.807) is 49.1 Å². The highest BCUT2D eigenvalue weighted by Gasteiger charge is 2.28. The van der Waals surface area contributed by atoms with Crippen molar-refractivity contribution in [2.24, 2.45) is 0 Å². The summed E-state index contributed by atoms with van der Waals surface area (Å²) >= 11 is 1.66. The van der Waals surface area contributed by atoms with Crippen LogP contribution in [0, 0.1) is 0 Å². The Morgan fingerprint density at radius 1 is 0.852 bits per heavy atom. The van der Waals surface area contributed by atoms with E-state index in [9.17, 15) is 4.79 Å². The van der Waals surface area contributed by atoms with Gasteiger partial charge in [-0.2, -0.15) is 0 Å². The van der Waals surface area contributed by atoms with Crippen LogP contribution in [0.2, 0.25) is 0 Å². The molecule has 1 aliphatic rings. The van der Waals surface area contributed by atoms with Gasteiger partial charge in [-0.3, -0.25) is 4.90 Å². The molecule has 0 aliphatic carbocycles. The van der Waals surface area contributed by atoms with Crippen LogP contribution in [0.4, 0.5) is 21.9 Å². The summed E-state index contributed by atoms with van der Waals surface area (Å²) in [5.41, 5.74) is 2.35. The number of urea groups is 1. The van der Waals surface area contributed by atoms with Gasteiger partial charge in [0.15, 0.2) is 11.5 Å². The largest absolute Gasteiger partial charge is 0.493 e. The zero-order chi connectivity index (χ0) is 18.8. The molecule has 4 rings (SSSR count). The molecule has 0 unspecified atom stereocenters. The first-order valence-corrected chi connectivity index (χ1v) is 9.22. The molecule has 3 aromatic carbocycles. The molecule has 27 heavy (non-hydrogen) atoms. The predicted molar refractivity (Wildman–Crippen MR) is 108 cm³/mol. The number of rotatable bonds is 3. The van der Waals surface area contributed by atoms with Crippen molar-refractivity contribution in [3.05, 3.63) is 66.7 Å². The number of benzene rings is 3. The molecule has 0 atom stereocenters. The smallest absolute Gasteiger partial charge is 0.331 e. The molecule has 3 aromatic rings. The van der Waals surface area contributed by atoms with E-state index >= 15 is 0 Å². The van der Waals surface area contributed by atoms with Crippen LogP contribution in [-0.2, 0) is 0 Å². The van der Waals surface area contributed by atoms with Gasteiger partial charge in [-0.25, -0.2) is 4.79 Å². The molecule has 1 heterocycles. The summed E-state index contributed by atoms with van der Waals surface area (Å²) in [7, 11) is 3.15. The maximum Gasteiger partial charge on any atom is 0.331 e. The van der Waals surface area contributed by atoms with E-state index in [4.69, 9.17) is 9.47 Å². The number of nitrogens with zero attached hydrogens (tertiary/aromatic N) is 1. The quantitative estimate of drug-likeness (QED) is 0.650. The maximum absolute atomic E-state index is 13.2. The van der Waals surface area contributed by atoms with Gasteiger partial charge in [-0.1, -0.05) is 36.0 Å². The molecular weight excluding hydrogens is 360 g/mol. The van der Waals surface area contributed by atoms with E-state index in [-0.39, 0.29) is 6.03 Å². The number of carbonyl (C=O) groups is 1. The highest BCUT2D eigenvalue weighted by atomic mass is 32.2. The zero-order valence-corrected chi connectivity index (χ0v) is 15.7. The summed E-state index contributed by atoms with van der Waals surface area (Å²) < 4.78 is 10.6. The molecule has 5 nitrogen and oxygen atoms in total. The molecule has 0 spiro atoms. The maximum atomic E-state index is 13.2. The third-order valence-corrected chi connectivity index (χ3v) is 5.40. The summed E-state index contributed by atoms with van der Waals surface area (Å²) in [5.74, 6) is 1.17. The minimum Gasteiger partial charge on any atom is -0.493 e. The van der Waals surface area contributed by atoms with E-state index in [0.717, 1.165) is 21.2 Å². The van der Waals surface area contributed by atoms with Crippen molar-refractivity contribution in [1.29, 1.82) is 0 Å². The lowest BCUT2D eigenvalue weighted by Crippen LogP contribution is -2.32. The lowest BCUT2D eigenvalue weighted by atomic mass is 10.2. The minimum absolute atomic E-state index is 0.234. The highest BCUT2D eigenvalue weighted by molar-refractivity contribution is 7.99. The van der Waals surface area contributed by atoms with Crippen LogP contribution in [0.15, 0.2) is 76.5 Å². The molecule has 0 fully saturated rings. The normalized spacial score (nSPS) is 12.0. The number of hydrogen-bond acceptors (Lipinski definition) is 4. The second-order valence-electron chi connectivity index (χ2n) is 5.87. The van der Waals surface area contributed by atoms with Crippen LogP contribution in [0.3, 0.4) is 0 Å². The van der Waals surface area contributed by atoms with Crippen molar-refractivity contribution < 1.29 is 14.3 Å². The molecular formula is C21H18N2O3S. The number of hydrogen-bond donors (Lipinski definition) is 1. The number of methoxy groups -OCH3 is 2. The Morgan fingerprint density at radius 2 is 1.44 bits per heavy atom. The fraction of sp³-hybridized carbons (Fsp3) is 0.0952. The Hall–Kier alpha value is -3.12. The lowest BCUT2D eigenvalue weighted by Gasteiger charge is -2.31. The summed E-state index contributed by atoms with van der Waals surface area (Å²) in [6.45, 7) is 0. The van der Waals surface area contributed by atoms with Crippen LogP contribution in [0.25, 0.3) is 0 Å². The fourth-order valence-corrected chi connectivity index (χ4v) is 4.07. The fourth-order valence-electron chi connectivity index (χ4n) is 3.02. The van der Waals surface area contributed by atoms with Gasteiger partial charge in [-0.05, 0) is 36.4 Å². The Morgan fingerprint density at radius 3 is 2.04 bits per heavy atom. The zero-order valence-electron chi connectivity index (χ0n) is 14.9. The molecule has 0 bridgehead atoms. The number of ether oxygens (including phenoxy) is 2. The molecule has 0 aromatic heterocycles. The second kappa shape index (κ2) is 7.25.